The summed E-state index contributed by atoms with van der Waals surface area (Å²) in [6, 6.07) is 10.4. The lowest BCUT2D eigenvalue weighted by atomic mass is 10.1. The molecule has 0 heterocycles. The van der Waals surface area contributed by atoms with Crippen molar-refractivity contribution in [3.63, 3.8) is 0 Å². The molecule has 0 saturated heterocycles. The lowest BCUT2D eigenvalue weighted by Gasteiger charge is -2.09. The quantitative estimate of drug-likeness (QED) is 0.773. The van der Waals surface area contributed by atoms with Gasteiger partial charge < -0.3 is 5.32 Å². The summed E-state index contributed by atoms with van der Waals surface area (Å²) >= 11 is 15.2. The smallest absolute Gasteiger partial charge is 0.255 e. The number of aryl methyl sites for hydroxylation is 1. The van der Waals surface area contributed by atoms with Crippen molar-refractivity contribution < 1.29 is 4.79 Å². The molecular formula is C14H10BrCl2NO. The molecule has 0 saturated carbocycles. The van der Waals surface area contributed by atoms with Crippen molar-refractivity contribution in [3.8, 4) is 0 Å². The van der Waals surface area contributed by atoms with Crippen LogP contribution in [0.15, 0.2) is 40.9 Å². The van der Waals surface area contributed by atoms with Crippen molar-refractivity contribution in [3.05, 3.63) is 62.0 Å². The van der Waals surface area contributed by atoms with Gasteiger partial charge in [-0.25, -0.2) is 0 Å². The minimum absolute atomic E-state index is 0.228. The molecule has 0 aromatic heterocycles. The molecule has 1 amide bonds. The first kappa shape index (κ1) is 14.4. The molecule has 19 heavy (non-hydrogen) atoms. The zero-order valence-electron chi connectivity index (χ0n) is 10.0. The summed E-state index contributed by atoms with van der Waals surface area (Å²) in [7, 11) is 0. The molecular weight excluding hydrogens is 349 g/mol. The predicted octanol–water partition coefficient (Wildman–Crippen LogP) is 5.32. The van der Waals surface area contributed by atoms with E-state index in [-0.39, 0.29) is 5.91 Å². The van der Waals surface area contributed by atoms with Crippen LogP contribution in [-0.4, -0.2) is 5.91 Å². The second-order valence-corrected chi connectivity index (χ2v) is 5.82. The molecule has 2 rings (SSSR count). The molecule has 2 aromatic rings. The van der Waals surface area contributed by atoms with E-state index in [4.69, 9.17) is 23.2 Å². The van der Waals surface area contributed by atoms with Gasteiger partial charge in [0.15, 0.2) is 0 Å². The van der Waals surface area contributed by atoms with Crippen LogP contribution >= 0.6 is 39.1 Å². The second kappa shape index (κ2) is 5.95. The predicted molar refractivity (Wildman–Crippen MR) is 83.3 cm³/mol. The Morgan fingerprint density at radius 1 is 1.11 bits per heavy atom. The first-order chi connectivity index (χ1) is 8.95. The SMILES string of the molecule is Cc1cc(Cl)cc(C(=O)Nc2cc(Cl)ccc2Br)c1. The molecule has 2 nitrogen and oxygen atoms in total. The first-order valence-corrected chi connectivity index (χ1v) is 7.04. The molecule has 0 aliphatic carbocycles. The lowest BCUT2D eigenvalue weighted by molar-refractivity contribution is 0.102. The molecule has 2 aromatic carbocycles. The van der Waals surface area contributed by atoms with Crippen LogP contribution in [0.25, 0.3) is 0 Å². The minimum Gasteiger partial charge on any atom is -0.321 e. The van der Waals surface area contributed by atoms with Gasteiger partial charge in [-0.1, -0.05) is 23.2 Å². The maximum Gasteiger partial charge on any atom is 0.255 e. The van der Waals surface area contributed by atoms with E-state index in [9.17, 15) is 4.79 Å². The molecule has 0 radical (unpaired) electrons. The average Bonchev–Trinajstić information content (AvgIpc) is 2.32. The van der Waals surface area contributed by atoms with E-state index in [1.165, 1.54) is 0 Å². The highest BCUT2D eigenvalue weighted by Gasteiger charge is 2.10. The van der Waals surface area contributed by atoms with Gasteiger partial charge in [-0.15, -0.1) is 0 Å². The van der Waals surface area contributed by atoms with Crippen LogP contribution in [0.1, 0.15) is 15.9 Å². The first-order valence-electron chi connectivity index (χ1n) is 5.49. The molecule has 0 aliphatic heterocycles. The number of hydrogen-bond donors (Lipinski definition) is 1. The number of carbonyl (C=O) groups excluding carboxylic acids is 1. The van der Waals surface area contributed by atoms with Gasteiger partial charge in [0.1, 0.15) is 0 Å². The fourth-order valence-electron chi connectivity index (χ4n) is 1.66. The number of rotatable bonds is 2. The highest BCUT2D eigenvalue weighted by Crippen LogP contribution is 2.26. The third-order valence-electron chi connectivity index (χ3n) is 2.48. The van der Waals surface area contributed by atoms with Crippen molar-refractivity contribution in [1.29, 1.82) is 0 Å². The summed E-state index contributed by atoms with van der Waals surface area (Å²) in [6.07, 6.45) is 0. The molecule has 98 valence electrons. The number of halogens is 3. The van der Waals surface area contributed by atoms with Gasteiger partial charge in [0.25, 0.3) is 5.91 Å². The monoisotopic (exact) mass is 357 g/mol. The lowest BCUT2D eigenvalue weighted by Crippen LogP contribution is -2.12. The Hall–Kier alpha value is -1.03. The Labute approximate surface area is 129 Å². The molecule has 5 heteroatoms. The molecule has 0 bridgehead atoms. The van der Waals surface area contributed by atoms with Crippen molar-refractivity contribution in [1.82, 2.24) is 0 Å². The summed E-state index contributed by atoms with van der Waals surface area (Å²) < 4.78 is 0.768. The molecule has 0 atom stereocenters. The summed E-state index contributed by atoms with van der Waals surface area (Å²) in [4.78, 5) is 12.1. The van der Waals surface area contributed by atoms with Gasteiger partial charge in [-0.3, -0.25) is 4.79 Å². The van der Waals surface area contributed by atoms with Gasteiger partial charge in [-0.2, -0.15) is 0 Å². The van der Waals surface area contributed by atoms with Crippen molar-refractivity contribution in [2.45, 2.75) is 6.92 Å². The Kier molecular flexibility index (Phi) is 4.50. The Morgan fingerprint density at radius 3 is 2.53 bits per heavy atom. The fraction of sp³-hybridized carbons (Fsp3) is 0.0714. The third kappa shape index (κ3) is 3.72. The van der Waals surface area contributed by atoms with Crippen molar-refractivity contribution >= 4 is 50.7 Å². The normalized spacial score (nSPS) is 10.3. The number of benzene rings is 2. The van der Waals surface area contributed by atoms with Crippen LogP contribution in [0.3, 0.4) is 0 Å². The molecule has 0 aliphatic rings. The number of anilines is 1. The van der Waals surface area contributed by atoms with Crippen molar-refractivity contribution in [2.75, 3.05) is 5.32 Å². The maximum absolute atomic E-state index is 12.1. The Balaban J connectivity index is 2.28. The van der Waals surface area contributed by atoms with Crippen LogP contribution < -0.4 is 5.32 Å². The van der Waals surface area contributed by atoms with Crippen LogP contribution in [0, 0.1) is 6.92 Å². The number of nitrogens with one attached hydrogen (secondary N) is 1. The van der Waals surface area contributed by atoms with E-state index in [2.05, 4.69) is 21.2 Å². The van der Waals surface area contributed by atoms with E-state index >= 15 is 0 Å². The zero-order valence-corrected chi connectivity index (χ0v) is 13.1. The van der Waals surface area contributed by atoms with E-state index in [0.29, 0.717) is 21.3 Å². The highest BCUT2D eigenvalue weighted by molar-refractivity contribution is 9.10. The van der Waals surface area contributed by atoms with Crippen molar-refractivity contribution in [2.24, 2.45) is 0 Å². The van der Waals surface area contributed by atoms with E-state index in [1.807, 2.05) is 6.92 Å². The van der Waals surface area contributed by atoms with Gasteiger partial charge in [0.2, 0.25) is 0 Å². The molecule has 0 spiro atoms. The number of carbonyl (C=O) groups is 1. The van der Waals surface area contributed by atoms with E-state index in [0.717, 1.165) is 10.0 Å². The topological polar surface area (TPSA) is 29.1 Å². The van der Waals surface area contributed by atoms with Crippen LogP contribution in [-0.2, 0) is 0 Å². The molecule has 1 N–H and O–H groups in total. The summed E-state index contributed by atoms with van der Waals surface area (Å²) in [5.74, 6) is -0.228. The largest absolute Gasteiger partial charge is 0.321 e. The highest BCUT2D eigenvalue weighted by atomic mass is 79.9. The Morgan fingerprint density at radius 2 is 1.84 bits per heavy atom. The zero-order chi connectivity index (χ0) is 14.0. The van der Waals surface area contributed by atoms with Gasteiger partial charge in [0.05, 0.1) is 5.69 Å². The van der Waals surface area contributed by atoms with Gasteiger partial charge >= 0.3 is 0 Å². The van der Waals surface area contributed by atoms with Crippen LogP contribution in [0.5, 0.6) is 0 Å². The van der Waals surface area contributed by atoms with Crippen LogP contribution in [0.2, 0.25) is 10.0 Å². The number of hydrogen-bond acceptors (Lipinski definition) is 1. The molecule has 0 fully saturated rings. The fourth-order valence-corrected chi connectivity index (χ4v) is 2.46. The van der Waals surface area contributed by atoms with E-state index < -0.39 is 0 Å². The summed E-state index contributed by atoms with van der Waals surface area (Å²) in [6.45, 7) is 1.89. The number of amides is 1. The average molecular weight is 359 g/mol. The maximum atomic E-state index is 12.1. The van der Waals surface area contributed by atoms with E-state index in [1.54, 1.807) is 36.4 Å². The summed E-state index contributed by atoms with van der Waals surface area (Å²) in [5, 5.41) is 3.89. The van der Waals surface area contributed by atoms with Crippen LogP contribution in [0.4, 0.5) is 5.69 Å². The Bertz CT molecular complexity index is 623. The third-order valence-corrected chi connectivity index (χ3v) is 3.63. The van der Waals surface area contributed by atoms with Gasteiger partial charge in [0, 0.05) is 20.1 Å². The van der Waals surface area contributed by atoms with Gasteiger partial charge in [-0.05, 0) is 64.8 Å². The summed E-state index contributed by atoms with van der Waals surface area (Å²) in [5.41, 5.74) is 2.06. The standard InChI is InChI=1S/C14H10BrCl2NO/c1-8-4-9(6-11(17)5-8)14(19)18-13-7-10(16)2-3-12(13)15/h2-7H,1H3,(H,18,19). The second-order valence-electron chi connectivity index (χ2n) is 4.10. The minimum atomic E-state index is -0.228. The molecule has 0 unspecified atom stereocenters.